The molecule has 1 aromatic heterocycles. The normalized spacial score (nSPS) is 11.7. The van der Waals surface area contributed by atoms with Crippen molar-refractivity contribution in [3.05, 3.63) is 182 Å². The van der Waals surface area contributed by atoms with E-state index in [9.17, 15) is 0 Å². The lowest BCUT2D eigenvalue weighted by atomic mass is 9.84. The third-order valence-corrected chi connectivity index (χ3v) is 10.1. The summed E-state index contributed by atoms with van der Waals surface area (Å²) < 4.78 is 6.36. The molecule has 10 aromatic rings. The Hall–Kier alpha value is -6.44. The minimum Gasteiger partial charge on any atom is -0.456 e. The molecule has 0 radical (unpaired) electrons. The number of para-hydroxylation sites is 1. The van der Waals surface area contributed by atoms with E-state index >= 15 is 0 Å². The van der Waals surface area contributed by atoms with Gasteiger partial charge >= 0.3 is 0 Å². The molecule has 0 aliphatic rings. The highest BCUT2D eigenvalue weighted by molar-refractivity contribution is 6.24. The summed E-state index contributed by atoms with van der Waals surface area (Å²) in [5.41, 5.74) is 11.6. The van der Waals surface area contributed by atoms with Gasteiger partial charge in [0, 0.05) is 10.8 Å². The van der Waals surface area contributed by atoms with Crippen LogP contribution in [0.25, 0.3) is 98.8 Å². The van der Waals surface area contributed by atoms with Crippen molar-refractivity contribution in [1.82, 2.24) is 0 Å². The molecule has 1 nitrogen and oxygen atoms in total. The van der Waals surface area contributed by atoms with Crippen molar-refractivity contribution >= 4 is 54.3 Å². The molecular formula is C48H30O. The third-order valence-electron chi connectivity index (χ3n) is 10.1. The highest BCUT2D eigenvalue weighted by atomic mass is 16.3. The predicted molar refractivity (Wildman–Crippen MR) is 208 cm³/mol. The van der Waals surface area contributed by atoms with Gasteiger partial charge in [-0.3, -0.25) is 0 Å². The van der Waals surface area contributed by atoms with Crippen LogP contribution in [0.15, 0.2) is 186 Å². The monoisotopic (exact) mass is 622 g/mol. The Morgan fingerprint density at radius 3 is 1.49 bits per heavy atom. The summed E-state index contributed by atoms with van der Waals surface area (Å²) in [6.45, 7) is 0. The summed E-state index contributed by atoms with van der Waals surface area (Å²) in [6.07, 6.45) is 0. The van der Waals surface area contributed by atoms with E-state index in [-0.39, 0.29) is 0 Å². The molecule has 10 rings (SSSR count). The Morgan fingerprint density at radius 1 is 0.245 bits per heavy atom. The predicted octanol–water partition coefficient (Wildman–Crippen LogP) is 13.7. The maximum Gasteiger partial charge on any atom is 0.136 e. The van der Waals surface area contributed by atoms with Crippen LogP contribution in [0.2, 0.25) is 0 Å². The fourth-order valence-corrected chi connectivity index (χ4v) is 7.89. The first-order valence-corrected chi connectivity index (χ1v) is 16.8. The smallest absolute Gasteiger partial charge is 0.136 e. The molecule has 0 bridgehead atoms. The van der Waals surface area contributed by atoms with E-state index in [1.807, 2.05) is 12.1 Å². The van der Waals surface area contributed by atoms with Gasteiger partial charge in [0.2, 0.25) is 0 Å². The van der Waals surface area contributed by atoms with Crippen LogP contribution in [0.1, 0.15) is 0 Å². The molecule has 0 saturated heterocycles. The van der Waals surface area contributed by atoms with E-state index in [0.29, 0.717) is 0 Å². The van der Waals surface area contributed by atoms with E-state index in [4.69, 9.17) is 4.42 Å². The van der Waals surface area contributed by atoms with Crippen LogP contribution < -0.4 is 0 Å². The van der Waals surface area contributed by atoms with Crippen molar-refractivity contribution in [3.63, 3.8) is 0 Å². The topological polar surface area (TPSA) is 13.1 Å². The van der Waals surface area contributed by atoms with Gasteiger partial charge < -0.3 is 4.42 Å². The largest absolute Gasteiger partial charge is 0.456 e. The first kappa shape index (κ1) is 27.7. The van der Waals surface area contributed by atoms with Gasteiger partial charge in [0.15, 0.2) is 0 Å². The van der Waals surface area contributed by atoms with Crippen LogP contribution in [0.4, 0.5) is 0 Å². The third kappa shape index (κ3) is 4.40. The van der Waals surface area contributed by atoms with Gasteiger partial charge in [-0.15, -0.1) is 0 Å². The van der Waals surface area contributed by atoms with Gasteiger partial charge in [-0.1, -0.05) is 158 Å². The summed E-state index contributed by atoms with van der Waals surface area (Å²) in [6, 6.07) is 65.8. The van der Waals surface area contributed by atoms with Crippen molar-refractivity contribution in [2.75, 3.05) is 0 Å². The van der Waals surface area contributed by atoms with E-state index < -0.39 is 0 Å². The average molecular weight is 623 g/mol. The number of fused-ring (bicyclic) bond motifs is 6. The van der Waals surface area contributed by atoms with Crippen LogP contribution in [-0.2, 0) is 0 Å². The molecule has 0 unspecified atom stereocenters. The van der Waals surface area contributed by atoms with Gasteiger partial charge in [0.1, 0.15) is 11.2 Å². The van der Waals surface area contributed by atoms with Gasteiger partial charge in [-0.2, -0.15) is 0 Å². The molecule has 1 heteroatoms. The second kappa shape index (κ2) is 11.1. The zero-order valence-corrected chi connectivity index (χ0v) is 26.7. The number of benzene rings is 9. The Kier molecular flexibility index (Phi) is 6.25. The van der Waals surface area contributed by atoms with E-state index in [0.717, 1.165) is 27.5 Å². The first-order valence-electron chi connectivity index (χ1n) is 16.8. The number of hydrogen-bond acceptors (Lipinski definition) is 1. The molecule has 49 heavy (non-hydrogen) atoms. The van der Waals surface area contributed by atoms with Crippen molar-refractivity contribution in [1.29, 1.82) is 0 Å². The summed E-state index contributed by atoms with van der Waals surface area (Å²) in [5, 5.41) is 9.73. The lowest BCUT2D eigenvalue weighted by molar-refractivity contribution is 0.669. The Labute approximate surface area is 284 Å². The molecular weight excluding hydrogens is 593 g/mol. The quantitative estimate of drug-likeness (QED) is 0.178. The summed E-state index contributed by atoms with van der Waals surface area (Å²) >= 11 is 0. The second-order valence-corrected chi connectivity index (χ2v) is 12.8. The van der Waals surface area contributed by atoms with Crippen LogP contribution in [0, 0.1) is 0 Å². The minimum atomic E-state index is 0.911. The standard InChI is InChI=1S/C48H30O/c1-2-13-31(14-3-1)32-15-10-16-33(29-32)35-22-11-24-37-36(35)23-12-25-40(37)48-43-20-6-4-18-41(43)47(42-19-5-7-21-44(42)48)34-27-28-39-38-17-8-9-26-45(38)49-46(39)30-34/h1-30H. The van der Waals surface area contributed by atoms with Gasteiger partial charge in [-0.05, 0) is 101 Å². The Morgan fingerprint density at radius 2 is 0.755 bits per heavy atom. The molecule has 0 fully saturated rings. The summed E-state index contributed by atoms with van der Waals surface area (Å²) in [7, 11) is 0. The zero-order chi connectivity index (χ0) is 32.3. The van der Waals surface area contributed by atoms with Crippen molar-refractivity contribution in [3.8, 4) is 44.5 Å². The van der Waals surface area contributed by atoms with Crippen LogP contribution >= 0.6 is 0 Å². The second-order valence-electron chi connectivity index (χ2n) is 12.8. The summed E-state index contributed by atoms with van der Waals surface area (Å²) in [4.78, 5) is 0. The molecule has 0 aliphatic heterocycles. The highest BCUT2D eigenvalue weighted by Crippen LogP contribution is 2.47. The van der Waals surface area contributed by atoms with Gasteiger partial charge in [0.25, 0.3) is 0 Å². The fourth-order valence-electron chi connectivity index (χ4n) is 7.89. The molecule has 0 N–H and O–H groups in total. The lowest BCUT2D eigenvalue weighted by Gasteiger charge is -2.19. The maximum atomic E-state index is 6.36. The van der Waals surface area contributed by atoms with Crippen LogP contribution in [0.5, 0.6) is 0 Å². The van der Waals surface area contributed by atoms with Crippen LogP contribution in [0.3, 0.4) is 0 Å². The number of rotatable bonds is 4. The summed E-state index contributed by atoms with van der Waals surface area (Å²) in [5.74, 6) is 0. The van der Waals surface area contributed by atoms with E-state index in [2.05, 4.69) is 170 Å². The van der Waals surface area contributed by atoms with Gasteiger partial charge in [0.05, 0.1) is 0 Å². The Balaban J connectivity index is 1.22. The average Bonchev–Trinajstić information content (AvgIpc) is 3.55. The highest BCUT2D eigenvalue weighted by Gasteiger charge is 2.19. The van der Waals surface area contributed by atoms with Crippen LogP contribution in [-0.4, -0.2) is 0 Å². The molecule has 0 spiro atoms. The van der Waals surface area contributed by atoms with Gasteiger partial charge in [-0.25, -0.2) is 0 Å². The molecule has 1 heterocycles. The maximum absolute atomic E-state index is 6.36. The molecule has 9 aromatic carbocycles. The van der Waals surface area contributed by atoms with E-state index in [1.54, 1.807) is 0 Å². The van der Waals surface area contributed by atoms with Crippen molar-refractivity contribution < 1.29 is 4.42 Å². The van der Waals surface area contributed by atoms with E-state index in [1.165, 1.54) is 71.3 Å². The molecule has 0 amide bonds. The minimum absolute atomic E-state index is 0.911. The molecule has 0 atom stereocenters. The van der Waals surface area contributed by atoms with Crippen molar-refractivity contribution in [2.24, 2.45) is 0 Å². The number of furan rings is 1. The molecule has 0 saturated carbocycles. The van der Waals surface area contributed by atoms with Crippen molar-refractivity contribution in [2.45, 2.75) is 0 Å². The SMILES string of the molecule is c1ccc(-c2cccc(-c3cccc4c(-c5c6ccccc6c(-c6ccc7c(c6)oc6ccccc67)c6ccccc56)cccc34)c2)cc1. The molecule has 228 valence electrons. The lowest BCUT2D eigenvalue weighted by Crippen LogP contribution is -1.92. The number of hydrogen-bond donors (Lipinski definition) is 0. The molecule has 0 aliphatic carbocycles. The Bertz CT molecular complexity index is 2820. The fraction of sp³-hybridized carbons (Fsp3) is 0. The first-order chi connectivity index (χ1) is 24.3. The zero-order valence-electron chi connectivity index (χ0n) is 26.7.